The second-order valence-corrected chi connectivity index (χ2v) is 8.44. The molecule has 0 aliphatic carbocycles. The minimum absolute atomic E-state index is 0.0753. The highest BCUT2D eigenvalue weighted by Gasteiger charge is 2.29. The normalized spacial score (nSPS) is 20.9. The molecule has 0 bridgehead atoms. The van der Waals surface area contributed by atoms with Crippen LogP contribution < -0.4 is 5.56 Å². The number of rotatable bonds is 8. The van der Waals surface area contributed by atoms with Crippen LogP contribution >= 0.6 is 0 Å². The third-order valence-electron chi connectivity index (χ3n) is 6.26. The molecule has 2 aliphatic heterocycles. The minimum Gasteiger partial charge on any atom is -0.383 e. The monoisotopic (exact) mass is 405 g/mol. The molecule has 3 heterocycles. The lowest BCUT2D eigenvalue weighted by Crippen LogP contribution is -2.45. The number of amides is 1. The number of ether oxygens (including phenoxy) is 2. The number of aromatic nitrogens is 1. The van der Waals surface area contributed by atoms with Gasteiger partial charge in [-0.25, -0.2) is 0 Å². The summed E-state index contributed by atoms with van der Waals surface area (Å²) in [7, 11) is 1.73. The summed E-state index contributed by atoms with van der Waals surface area (Å²) < 4.78 is 11.0. The van der Waals surface area contributed by atoms with Crippen LogP contribution in [-0.4, -0.2) is 79.8 Å². The Morgan fingerprint density at radius 2 is 2.03 bits per heavy atom. The zero-order valence-electron chi connectivity index (χ0n) is 18.0. The van der Waals surface area contributed by atoms with Crippen LogP contribution in [0.4, 0.5) is 0 Å². The number of carbonyl (C=O) groups excluding carboxylic acids is 1. The van der Waals surface area contributed by atoms with Crippen LogP contribution in [0.2, 0.25) is 0 Å². The highest BCUT2D eigenvalue weighted by molar-refractivity contribution is 5.94. The van der Waals surface area contributed by atoms with Crippen LogP contribution in [-0.2, 0) is 9.47 Å². The minimum atomic E-state index is -0.301. The largest absolute Gasteiger partial charge is 0.383 e. The Balaban J connectivity index is 1.69. The molecule has 1 aromatic heterocycles. The Bertz CT molecular complexity index is 734. The Hall–Kier alpha value is -1.70. The second-order valence-electron chi connectivity index (χ2n) is 8.44. The number of carbonyl (C=O) groups is 1. The van der Waals surface area contributed by atoms with Crippen molar-refractivity contribution < 1.29 is 14.3 Å². The van der Waals surface area contributed by atoms with Crippen molar-refractivity contribution >= 4 is 5.91 Å². The van der Waals surface area contributed by atoms with Gasteiger partial charge in [0, 0.05) is 39.0 Å². The summed E-state index contributed by atoms with van der Waals surface area (Å²) in [4.78, 5) is 32.9. The number of nitrogens with zero attached hydrogens (tertiary/aromatic N) is 2. The molecule has 0 spiro atoms. The zero-order chi connectivity index (χ0) is 20.8. The average Bonchev–Trinajstić information content (AvgIpc) is 3.22. The molecule has 2 saturated heterocycles. The summed E-state index contributed by atoms with van der Waals surface area (Å²) in [6, 6.07) is 1.73. The third kappa shape index (κ3) is 5.90. The highest BCUT2D eigenvalue weighted by atomic mass is 16.5. The highest BCUT2D eigenvalue weighted by Crippen LogP contribution is 2.21. The second kappa shape index (κ2) is 10.4. The number of aryl methyl sites for hydroxylation is 2. The Labute approximate surface area is 173 Å². The molecule has 1 aromatic rings. The van der Waals surface area contributed by atoms with Crippen molar-refractivity contribution in [1.82, 2.24) is 14.8 Å². The Morgan fingerprint density at radius 3 is 2.69 bits per heavy atom. The van der Waals surface area contributed by atoms with E-state index in [-0.39, 0.29) is 23.1 Å². The van der Waals surface area contributed by atoms with Gasteiger partial charge in [-0.1, -0.05) is 0 Å². The summed E-state index contributed by atoms with van der Waals surface area (Å²) in [6.45, 7) is 9.55. The summed E-state index contributed by atoms with van der Waals surface area (Å²) >= 11 is 0. The van der Waals surface area contributed by atoms with Gasteiger partial charge in [0.05, 0.1) is 12.7 Å². The Kier molecular flexibility index (Phi) is 7.86. The van der Waals surface area contributed by atoms with Crippen molar-refractivity contribution in [3.8, 4) is 0 Å². The van der Waals surface area contributed by atoms with E-state index in [0.717, 1.165) is 69.8 Å². The number of hydrogen-bond acceptors (Lipinski definition) is 5. The van der Waals surface area contributed by atoms with Gasteiger partial charge in [-0.2, -0.15) is 0 Å². The summed E-state index contributed by atoms with van der Waals surface area (Å²) in [6.07, 6.45) is 4.20. The molecule has 29 heavy (non-hydrogen) atoms. The van der Waals surface area contributed by atoms with E-state index in [1.807, 2.05) is 18.7 Å². The van der Waals surface area contributed by atoms with Crippen LogP contribution in [0.15, 0.2) is 10.9 Å². The number of hydrogen-bond donors (Lipinski definition) is 1. The molecule has 162 valence electrons. The maximum Gasteiger partial charge on any atom is 0.261 e. The van der Waals surface area contributed by atoms with E-state index in [2.05, 4.69) is 9.88 Å². The molecular weight excluding hydrogens is 370 g/mol. The van der Waals surface area contributed by atoms with E-state index in [1.54, 1.807) is 13.2 Å². The number of piperidine rings is 1. The van der Waals surface area contributed by atoms with Crippen LogP contribution in [0, 0.1) is 19.8 Å². The fourth-order valence-electron chi connectivity index (χ4n) is 4.25. The number of likely N-dealkylation sites (tertiary alicyclic amines) is 1. The van der Waals surface area contributed by atoms with Crippen LogP contribution in [0.25, 0.3) is 0 Å². The maximum atomic E-state index is 13.3. The SMILES string of the molecule is COCCN1CCC(CN(CC2CCCO2)C(=O)c2cc(C)c(C)[nH]c2=O)CC1. The fraction of sp³-hybridized carbons (Fsp3) is 0.727. The van der Waals surface area contributed by atoms with Crippen molar-refractivity contribution in [2.75, 3.05) is 53.0 Å². The van der Waals surface area contributed by atoms with Gasteiger partial charge in [-0.05, 0) is 70.2 Å². The lowest BCUT2D eigenvalue weighted by atomic mass is 9.95. The first kappa shape index (κ1) is 22.0. The van der Waals surface area contributed by atoms with Gasteiger partial charge in [0.25, 0.3) is 11.5 Å². The first-order valence-electron chi connectivity index (χ1n) is 10.8. The number of nitrogens with one attached hydrogen (secondary N) is 1. The number of pyridine rings is 1. The van der Waals surface area contributed by atoms with Gasteiger partial charge in [-0.3, -0.25) is 9.59 Å². The van der Waals surface area contributed by atoms with Crippen molar-refractivity contribution in [2.45, 2.75) is 45.6 Å². The summed E-state index contributed by atoms with van der Waals surface area (Å²) in [5, 5.41) is 0. The molecule has 1 amide bonds. The molecule has 1 atom stereocenters. The molecule has 7 heteroatoms. The number of H-pyrrole nitrogens is 1. The fourth-order valence-corrected chi connectivity index (χ4v) is 4.25. The van der Waals surface area contributed by atoms with Crippen molar-refractivity contribution in [3.05, 3.63) is 33.2 Å². The average molecular weight is 406 g/mol. The van der Waals surface area contributed by atoms with E-state index in [4.69, 9.17) is 9.47 Å². The standard InChI is InChI=1S/C22H35N3O4/c1-16-13-20(21(26)23-17(16)2)22(27)25(15-19-5-4-11-29-19)14-18-6-8-24(9-7-18)10-12-28-3/h13,18-19H,4-12,14-15H2,1-3H3,(H,23,26). The molecule has 0 radical (unpaired) electrons. The van der Waals surface area contributed by atoms with Gasteiger partial charge >= 0.3 is 0 Å². The topological polar surface area (TPSA) is 74.9 Å². The predicted octanol–water partition coefficient (Wildman–Crippen LogP) is 1.97. The van der Waals surface area contributed by atoms with Gasteiger partial charge in [-0.15, -0.1) is 0 Å². The smallest absolute Gasteiger partial charge is 0.261 e. The van der Waals surface area contributed by atoms with Crippen LogP contribution in [0.3, 0.4) is 0 Å². The van der Waals surface area contributed by atoms with Crippen LogP contribution in [0.1, 0.15) is 47.3 Å². The lowest BCUT2D eigenvalue weighted by Gasteiger charge is -2.35. The molecule has 1 N–H and O–H groups in total. The molecule has 3 rings (SSSR count). The van der Waals surface area contributed by atoms with Crippen molar-refractivity contribution in [1.29, 1.82) is 0 Å². The van der Waals surface area contributed by atoms with Gasteiger partial charge in [0.2, 0.25) is 0 Å². The lowest BCUT2D eigenvalue weighted by molar-refractivity contribution is 0.0435. The van der Waals surface area contributed by atoms with Gasteiger partial charge in [0.1, 0.15) is 5.56 Å². The maximum absolute atomic E-state index is 13.3. The quantitative estimate of drug-likeness (QED) is 0.716. The number of methoxy groups -OCH3 is 1. The molecule has 2 aliphatic rings. The molecular formula is C22H35N3O4. The van der Waals surface area contributed by atoms with Crippen molar-refractivity contribution in [2.24, 2.45) is 5.92 Å². The summed E-state index contributed by atoms with van der Waals surface area (Å²) in [5.41, 5.74) is 1.67. The van der Waals surface area contributed by atoms with E-state index in [9.17, 15) is 9.59 Å². The van der Waals surface area contributed by atoms with Crippen LogP contribution in [0.5, 0.6) is 0 Å². The number of aromatic amines is 1. The Morgan fingerprint density at radius 1 is 1.28 bits per heavy atom. The zero-order valence-corrected chi connectivity index (χ0v) is 18.0. The first-order chi connectivity index (χ1) is 14.0. The third-order valence-corrected chi connectivity index (χ3v) is 6.26. The summed E-state index contributed by atoms with van der Waals surface area (Å²) in [5.74, 6) is 0.274. The molecule has 2 fully saturated rings. The first-order valence-corrected chi connectivity index (χ1v) is 10.8. The van der Waals surface area contributed by atoms with E-state index in [1.165, 1.54) is 0 Å². The van der Waals surface area contributed by atoms with Gasteiger partial charge in [0.15, 0.2) is 0 Å². The predicted molar refractivity (Wildman–Crippen MR) is 112 cm³/mol. The van der Waals surface area contributed by atoms with Gasteiger partial charge < -0.3 is 24.3 Å². The van der Waals surface area contributed by atoms with E-state index in [0.29, 0.717) is 19.0 Å². The molecule has 0 saturated carbocycles. The molecule has 7 nitrogen and oxygen atoms in total. The van der Waals surface area contributed by atoms with E-state index >= 15 is 0 Å². The molecule has 0 aromatic carbocycles. The van der Waals surface area contributed by atoms with E-state index < -0.39 is 0 Å². The van der Waals surface area contributed by atoms with Crippen molar-refractivity contribution in [3.63, 3.8) is 0 Å². The molecule has 1 unspecified atom stereocenters.